The summed E-state index contributed by atoms with van der Waals surface area (Å²) in [7, 11) is 0. The summed E-state index contributed by atoms with van der Waals surface area (Å²) in [6, 6.07) is 7.91. The molecule has 3 rings (SSSR count). The zero-order valence-corrected chi connectivity index (χ0v) is 11.7. The quantitative estimate of drug-likeness (QED) is 0.867. The van der Waals surface area contributed by atoms with Gasteiger partial charge in [0.1, 0.15) is 12.4 Å². The Morgan fingerprint density at radius 2 is 2.28 bits per heavy atom. The fourth-order valence-electron chi connectivity index (χ4n) is 2.33. The molecule has 1 aliphatic heterocycles. The Bertz CT molecular complexity index is 550. The topological polar surface area (TPSA) is 27.1 Å². The molecule has 0 saturated heterocycles. The molecule has 4 heteroatoms. The molecular formula is C14H15BrN2O. The van der Waals surface area contributed by atoms with Gasteiger partial charge in [-0.2, -0.15) is 0 Å². The highest BCUT2D eigenvalue weighted by atomic mass is 79.9. The molecule has 0 fully saturated rings. The van der Waals surface area contributed by atoms with E-state index in [0.29, 0.717) is 6.61 Å². The molecule has 0 unspecified atom stereocenters. The van der Waals surface area contributed by atoms with Crippen molar-refractivity contribution in [3.05, 3.63) is 46.5 Å². The van der Waals surface area contributed by atoms with Gasteiger partial charge in [0, 0.05) is 16.7 Å². The lowest BCUT2D eigenvalue weighted by Crippen LogP contribution is -2.11. The zero-order valence-electron chi connectivity index (χ0n) is 10.1. The molecule has 0 aliphatic carbocycles. The smallest absolute Gasteiger partial charge is 0.132 e. The van der Waals surface area contributed by atoms with Gasteiger partial charge in [-0.1, -0.05) is 22.0 Å². The standard InChI is InChI=1S/C14H15BrN2O/c15-11-4-3-5-12(8-11)18-9-13-14-6-1-2-7-17(14)10-16-13/h3-5,8,10H,1-2,6-7,9H2. The molecular weight excluding hydrogens is 292 g/mol. The molecule has 2 heterocycles. The summed E-state index contributed by atoms with van der Waals surface area (Å²) in [5.41, 5.74) is 2.42. The third-order valence-electron chi connectivity index (χ3n) is 3.27. The van der Waals surface area contributed by atoms with Crippen LogP contribution in [0.1, 0.15) is 24.2 Å². The van der Waals surface area contributed by atoms with E-state index in [2.05, 4.69) is 25.5 Å². The second kappa shape index (κ2) is 5.14. The van der Waals surface area contributed by atoms with Crippen molar-refractivity contribution >= 4 is 15.9 Å². The Labute approximate surface area is 115 Å². The van der Waals surface area contributed by atoms with Crippen molar-refractivity contribution < 1.29 is 4.74 Å². The van der Waals surface area contributed by atoms with Crippen LogP contribution in [0.2, 0.25) is 0 Å². The van der Waals surface area contributed by atoms with Crippen molar-refractivity contribution in [1.29, 1.82) is 0 Å². The van der Waals surface area contributed by atoms with E-state index in [-0.39, 0.29) is 0 Å². The molecule has 3 nitrogen and oxygen atoms in total. The van der Waals surface area contributed by atoms with Crippen LogP contribution in [0.25, 0.3) is 0 Å². The summed E-state index contributed by atoms with van der Waals surface area (Å²) in [4.78, 5) is 4.46. The summed E-state index contributed by atoms with van der Waals surface area (Å²) < 4.78 is 9.08. The van der Waals surface area contributed by atoms with Gasteiger partial charge in [-0.3, -0.25) is 0 Å². The summed E-state index contributed by atoms with van der Waals surface area (Å²) in [5, 5.41) is 0. The summed E-state index contributed by atoms with van der Waals surface area (Å²) in [6.07, 6.45) is 5.58. The van der Waals surface area contributed by atoms with Crippen LogP contribution in [0, 0.1) is 0 Å². The van der Waals surface area contributed by atoms with Crippen LogP contribution < -0.4 is 4.74 Å². The maximum absolute atomic E-state index is 5.79. The number of hydrogen-bond donors (Lipinski definition) is 0. The first kappa shape index (κ1) is 11.8. The van der Waals surface area contributed by atoms with Gasteiger partial charge < -0.3 is 9.30 Å². The summed E-state index contributed by atoms with van der Waals surface area (Å²) in [6.45, 7) is 1.65. The van der Waals surface area contributed by atoms with E-state index in [0.717, 1.165) is 28.9 Å². The van der Waals surface area contributed by atoms with E-state index in [4.69, 9.17) is 4.74 Å². The van der Waals surface area contributed by atoms with Crippen molar-refractivity contribution in [2.75, 3.05) is 0 Å². The number of halogens is 1. The molecule has 1 aliphatic rings. The highest BCUT2D eigenvalue weighted by Crippen LogP contribution is 2.21. The van der Waals surface area contributed by atoms with Crippen LogP contribution in [0.4, 0.5) is 0 Å². The minimum Gasteiger partial charge on any atom is -0.487 e. The van der Waals surface area contributed by atoms with Gasteiger partial charge in [-0.05, 0) is 37.5 Å². The monoisotopic (exact) mass is 306 g/mol. The average molecular weight is 307 g/mol. The van der Waals surface area contributed by atoms with Crippen LogP contribution >= 0.6 is 15.9 Å². The molecule has 0 N–H and O–H groups in total. The predicted octanol–water partition coefficient (Wildman–Crippen LogP) is 3.56. The lowest BCUT2D eigenvalue weighted by Gasteiger charge is -2.15. The van der Waals surface area contributed by atoms with Crippen molar-refractivity contribution in [3.63, 3.8) is 0 Å². The van der Waals surface area contributed by atoms with Gasteiger partial charge in [-0.15, -0.1) is 0 Å². The fourth-order valence-corrected chi connectivity index (χ4v) is 2.71. The van der Waals surface area contributed by atoms with Gasteiger partial charge in [0.05, 0.1) is 12.0 Å². The van der Waals surface area contributed by atoms with E-state index >= 15 is 0 Å². The molecule has 1 aromatic carbocycles. The second-order valence-electron chi connectivity index (χ2n) is 4.53. The Morgan fingerprint density at radius 3 is 3.17 bits per heavy atom. The van der Waals surface area contributed by atoms with Crippen LogP contribution in [-0.2, 0) is 19.6 Å². The average Bonchev–Trinajstić information content (AvgIpc) is 2.80. The number of hydrogen-bond acceptors (Lipinski definition) is 2. The Hall–Kier alpha value is -1.29. The van der Waals surface area contributed by atoms with Gasteiger partial charge >= 0.3 is 0 Å². The minimum atomic E-state index is 0.554. The molecule has 94 valence electrons. The highest BCUT2D eigenvalue weighted by Gasteiger charge is 2.14. The van der Waals surface area contributed by atoms with Crippen LogP contribution in [0.15, 0.2) is 35.1 Å². The van der Waals surface area contributed by atoms with Crippen molar-refractivity contribution in [2.24, 2.45) is 0 Å². The van der Waals surface area contributed by atoms with Crippen LogP contribution in [0.5, 0.6) is 5.75 Å². The SMILES string of the molecule is Brc1cccc(OCc2ncn3c2CCCC3)c1. The molecule has 0 radical (unpaired) electrons. The zero-order chi connectivity index (χ0) is 12.4. The Kier molecular flexibility index (Phi) is 3.37. The molecule has 1 aromatic heterocycles. The molecule has 0 spiro atoms. The van der Waals surface area contributed by atoms with Gasteiger partial charge in [0.25, 0.3) is 0 Å². The van der Waals surface area contributed by atoms with E-state index in [1.54, 1.807) is 0 Å². The van der Waals surface area contributed by atoms with E-state index < -0.39 is 0 Å². The van der Waals surface area contributed by atoms with E-state index in [1.165, 1.54) is 18.5 Å². The number of ether oxygens (including phenoxy) is 1. The number of imidazole rings is 1. The maximum Gasteiger partial charge on any atom is 0.132 e. The largest absolute Gasteiger partial charge is 0.487 e. The molecule has 0 saturated carbocycles. The summed E-state index contributed by atoms with van der Waals surface area (Å²) >= 11 is 3.44. The first-order valence-electron chi connectivity index (χ1n) is 6.24. The van der Waals surface area contributed by atoms with E-state index in [9.17, 15) is 0 Å². The predicted molar refractivity (Wildman–Crippen MR) is 73.6 cm³/mol. The highest BCUT2D eigenvalue weighted by molar-refractivity contribution is 9.10. The number of aromatic nitrogens is 2. The lowest BCUT2D eigenvalue weighted by atomic mass is 10.1. The molecule has 18 heavy (non-hydrogen) atoms. The van der Waals surface area contributed by atoms with E-state index in [1.807, 2.05) is 30.6 Å². The number of benzene rings is 1. The molecule has 0 atom stereocenters. The third-order valence-corrected chi connectivity index (χ3v) is 3.76. The molecule has 2 aromatic rings. The number of fused-ring (bicyclic) bond motifs is 1. The van der Waals surface area contributed by atoms with Gasteiger partial charge in [-0.25, -0.2) is 4.98 Å². The van der Waals surface area contributed by atoms with Crippen molar-refractivity contribution in [3.8, 4) is 5.75 Å². The van der Waals surface area contributed by atoms with Crippen LogP contribution in [0.3, 0.4) is 0 Å². The Morgan fingerprint density at radius 1 is 1.33 bits per heavy atom. The summed E-state index contributed by atoms with van der Waals surface area (Å²) in [5.74, 6) is 0.877. The van der Waals surface area contributed by atoms with Crippen molar-refractivity contribution in [2.45, 2.75) is 32.4 Å². The fraction of sp³-hybridized carbons (Fsp3) is 0.357. The molecule has 0 amide bonds. The minimum absolute atomic E-state index is 0.554. The Balaban J connectivity index is 1.72. The van der Waals surface area contributed by atoms with Gasteiger partial charge in [0.15, 0.2) is 0 Å². The second-order valence-corrected chi connectivity index (χ2v) is 5.45. The van der Waals surface area contributed by atoms with Crippen molar-refractivity contribution in [1.82, 2.24) is 9.55 Å². The molecule has 0 bridgehead atoms. The number of rotatable bonds is 3. The first-order valence-corrected chi connectivity index (χ1v) is 7.03. The maximum atomic E-state index is 5.79. The number of aryl methyl sites for hydroxylation is 1. The third kappa shape index (κ3) is 2.43. The first-order chi connectivity index (χ1) is 8.83. The van der Waals surface area contributed by atoms with Gasteiger partial charge in [0.2, 0.25) is 0 Å². The normalized spacial score (nSPS) is 14.3. The van der Waals surface area contributed by atoms with Crippen LogP contribution in [-0.4, -0.2) is 9.55 Å². The lowest BCUT2D eigenvalue weighted by molar-refractivity contribution is 0.299. The number of nitrogens with zero attached hydrogens (tertiary/aromatic N) is 2.